The number of carbonyl (C=O) groups excluding carboxylic acids is 1. The van der Waals surface area contributed by atoms with Crippen LogP contribution in [0.3, 0.4) is 0 Å². The maximum atomic E-state index is 12.3. The van der Waals surface area contributed by atoms with Crippen LogP contribution in [0.1, 0.15) is 29.3 Å². The molecule has 2 N–H and O–H groups in total. The van der Waals surface area contributed by atoms with Crippen molar-refractivity contribution in [3.8, 4) is 0 Å². The summed E-state index contributed by atoms with van der Waals surface area (Å²) in [5.41, 5.74) is 3.55. The Bertz CT molecular complexity index is 623. The third-order valence-corrected chi connectivity index (χ3v) is 4.22. The second-order valence-electron chi connectivity index (χ2n) is 4.89. The van der Waals surface area contributed by atoms with Crippen molar-refractivity contribution in [3.05, 3.63) is 58.1 Å². The average molecular weight is 347 g/mol. The molecule has 0 fully saturated rings. The van der Waals surface area contributed by atoms with E-state index < -0.39 is 0 Å². The Balaban J connectivity index is 2.08. The van der Waals surface area contributed by atoms with Crippen LogP contribution in [0, 0.1) is 6.92 Å². The van der Waals surface area contributed by atoms with E-state index in [2.05, 4.69) is 33.5 Å². The minimum atomic E-state index is -0.108. The predicted octanol–water partition coefficient (Wildman–Crippen LogP) is 4.83. The first-order valence-electron chi connectivity index (χ1n) is 7.02. The quantitative estimate of drug-likeness (QED) is 0.813. The fourth-order valence-corrected chi connectivity index (χ4v) is 2.31. The highest BCUT2D eigenvalue weighted by atomic mass is 79.9. The highest BCUT2D eigenvalue weighted by molar-refractivity contribution is 9.10. The number of anilines is 2. The molecule has 2 rings (SSSR count). The molecule has 0 saturated heterocycles. The second-order valence-corrected chi connectivity index (χ2v) is 5.69. The van der Waals surface area contributed by atoms with Gasteiger partial charge < -0.3 is 10.6 Å². The predicted molar refractivity (Wildman–Crippen MR) is 92.1 cm³/mol. The molecular weight excluding hydrogens is 328 g/mol. The number of halogens is 1. The van der Waals surface area contributed by atoms with E-state index in [4.69, 9.17) is 0 Å². The van der Waals surface area contributed by atoms with Crippen molar-refractivity contribution in [2.24, 2.45) is 0 Å². The topological polar surface area (TPSA) is 41.1 Å². The third-order valence-electron chi connectivity index (χ3n) is 3.17. The van der Waals surface area contributed by atoms with Gasteiger partial charge in [-0.1, -0.05) is 19.1 Å². The van der Waals surface area contributed by atoms with Crippen molar-refractivity contribution in [1.82, 2.24) is 0 Å². The van der Waals surface area contributed by atoms with E-state index in [1.807, 2.05) is 49.4 Å². The Kier molecular flexibility index (Phi) is 5.39. The average Bonchev–Trinajstić information content (AvgIpc) is 2.50. The van der Waals surface area contributed by atoms with Gasteiger partial charge in [-0.25, -0.2) is 0 Å². The molecule has 0 aliphatic carbocycles. The Morgan fingerprint density at radius 1 is 1.14 bits per heavy atom. The van der Waals surface area contributed by atoms with Crippen molar-refractivity contribution in [3.63, 3.8) is 0 Å². The fourth-order valence-electron chi connectivity index (χ4n) is 1.95. The summed E-state index contributed by atoms with van der Waals surface area (Å²) < 4.78 is 0.916. The van der Waals surface area contributed by atoms with E-state index >= 15 is 0 Å². The molecule has 0 unspecified atom stereocenters. The van der Waals surface area contributed by atoms with Gasteiger partial charge in [0.2, 0.25) is 0 Å². The van der Waals surface area contributed by atoms with E-state index in [1.54, 1.807) is 0 Å². The van der Waals surface area contributed by atoms with Crippen LogP contribution in [0.25, 0.3) is 0 Å². The molecule has 21 heavy (non-hydrogen) atoms. The monoisotopic (exact) mass is 346 g/mol. The lowest BCUT2D eigenvalue weighted by molar-refractivity contribution is 0.102. The third kappa shape index (κ3) is 4.08. The van der Waals surface area contributed by atoms with E-state index in [0.717, 1.165) is 34.4 Å². The maximum absolute atomic E-state index is 12.3. The van der Waals surface area contributed by atoms with Crippen LogP contribution in [-0.2, 0) is 0 Å². The van der Waals surface area contributed by atoms with Gasteiger partial charge in [0.05, 0.1) is 5.69 Å². The molecule has 4 heteroatoms. The molecule has 0 spiro atoms. The van der Waals surface area contributed by atoms with E-state index in [9.17, 15) is 4.79 Å². The SMILES string of the molecule is CCCNc1ccc(C(=O)Nc2cccc(C)c2Br)cc1. The molecule has 3 nitrogen and oxygen atoms in total. The first-order chi connectivity index (χ1) is 10.1. The standard InChI is InChI=1S/C17H19BrN2O/c1-3-11-19-14-9-7-13(8-10-14)17(21)20-15-6-4-5-12(2)16(15)18/h4-10,19H,3,11H2,1-2H3,(H,20,21). The Morgan fingerprint density at radius 3 is 2.52 bits per heavy atom. The molecule has 0 aliphatic heterocycles. The van der Waals surface area contributed by atoms with E-state index in [1.165, 1.54) is 0 Å². The fraction of sp³-hybridized carbons (Fsp3) is 0.235. The van der Waals surface area contributed by atoms with Gasteiger partial charge in [0, 0.05) is 22.3 Å². The lowest BCUT2D eigenvalue weighted by Crippen LogP contribution is -2.12. The molecule has 0 radical (unpaired) electrons. The lowest BCUT2D eigenvalue weighted by Gasteiger charge is -2.10. The van der Waals surface area contributed by atoms with Crippen LogP contribution < -0.4 is 10.6 Å². The first kappa shape index (κ1) is 15.6. The van der Waals surface area contributed by atoms with Crippen molar-refractivity contribution in [2.45, 2.75) is 20.3 Å². The van der Waals surface area contributed by atoms with Crippen molar-refractivity contribution in [1.29, 1.82) is 0 Å². The molecule has 2 aromatic rings. The number of hydrogen-bond donors (Lipinski definition) is 2. The van der Waals surface area contributed by atoms with Gasteiger partial charge in [-0.15, -0.1) is 0 Å². The van der Waals surface area contributed by atoms with Gasteiger partial charge in [0.1, 0.15) is 0 Å². The normalized spacial score (nSPS) is 10.2. The first-order valence-corrected chi connectivity index (χ1v) is 7.81. The summed E-state index contributed by atoms with van der Waals surface area (Å²) in [6, 6.07) is 13.3. The summed E-state index contributed by atoms with van der Waals surface area (Å²) in [5.74, 6) is -0.108. The van der Waals surface area contributed by atoms with Crippen molar-refractivity contribution < 1.29 is 4.79 Å². The number of hydrogen-bond acceptors (Lipinski definition) is 2. The number of aryl methyl sites for hydroxylation is 1. The Morgan fingerprint density at radius 2 is 1.86 bits per heavy atom. The summed E-state index contributed by atoms with van der Waals surface area (Å²) in [6.45, 7) is 5.05. The highest BCUT2D eigenvalue weighted by Gasteiger charge is 2.09. The molecule has 0 atom stereocenters. The lowest BCUT2D eigenvalue weighted by atomic mass is 10.1. The molecule has 2 aromatic carbocycles. The number of carbonyl (C=O) groups is 1. The summed E-state index contributed by atoms with van der Waals surface area (Å²) in [7, 11) is 0. The summed E-state index contributed by atoms with van der Waals surface area (Å²) in [5, 5.41) is 6.21. The molecule has 0 heterocycles. The summed E-state index contributed by atoms with van der Waals surface area (Å²) >= 11 is 3.50. The number of benzene rings is 2. The molecule has 110 valence electrons. The minimum absolute atomic E-state index is 0.108. The Labute approximate surface area is 133 Å². The van der Waals surface area contributed by atoms with E-state index in [0.29, 0.717) is 5.56 Å². The van der Waals surface area contributed by atoms with Crippen molar-refractivity contribution in [2.75, 3.05) is 17.2 Å². The summed E-state index contributed by atoms with van der Waals surface area (Å²) in [6.07, 6.45) is 1.07. The number of rotatable bonds is 5. The molecular formula is C17H19BrN2O. The van der Waals surface area contributed by atoms with Crippen LogP contribution in [0.5, 0.6) is 0 Å². The minimum Gasteiger partial charge on any atom is -0.385 e. The smallest absolute Gasteiger partial charge is 0.255 e. The van der Waals surface area contributed by atoms with Gasteiger partial charge in [0.15, 0.2) is 0 Å². The van der Waals surface area contributed by atoms with Gasteiger partial charge in [0.25, 0.3) is 5.91 Å². The Hall–Kier alpha value is -1.81. The molecule has 0 saturated carbocycles. The van der Waals surface area contributed by atoms with Crippen LogP contribution in [0.4, 0.5) is 11.4 Å². The zero-order valence-electron chi connectivity index (χ0n) is 12.2. The molecule has 1 amide bonds. The second kappa shape index (κ2) is 7.27. The molecule has 0 bridgehead atoms. The van der Waals surface area contributed by atoms with Gasteiger partial charge in [-0.05, 0) is 65.2 Å². The van der Waals surface area contributed by atoms with E-state index in [-0.39, 0.29) is 5.91 Å². The van der Waals surface area contributed by atoms with Crippen LogP contribution in [0.2, 0.25) is 0 Å². The molecule has 0 aromatic heterocycles. The summed E-state index contributed by atoms with van der Waals surface area (Å²) in [4.78, 5) is 12.3. The van der Waals surface area contributed by atoms with Crippen molar-refractivity contribution >= 4 is 33.2 Å². The largest absolute Gasteiger partial charge is 0.385 e. The van der Waals surface area contributed by atoms with Crippen LogP contribution in [0.15, 0.2) is 46.9 Å². The maximum Gasteiger partial charge on any atom is 0.255 e. The van der Waals surface area contributed by atoms with Gasteiger partial charge in [-0.2, -0.15) is 0 Å². The van der Waals surface area contributed by atoms with Crippen LogP contribution >= 0.6 is 15.9 Å². The van der Waals surface area contributed by atoms with Gasteiger partial charge in [-0.3, -0.25) is 4.79 Å². The zero-order chi connectivity index (χ0) is 15.2. The highest BCUT2D eigenvalue weighted by Crippen LogP contribution is 2.26. The van der Waals surface area contributed by atoms with Gasteiger partial charge >= 0.3 is 0 Å². The number of amides is 1. The number of nitrogens with one attached hydrogen (secondary N) is 2. The molecule has 0 aliphatic rings. The zero-order valence-corrected chi connectivity index (χ0v) is 13.8. The van der Waals surface area contributed by atoms with Crippen LogP contribution in [-0.4, -0.2) is 12.5 Å².